The summed E-state index contributed by atoms with van der Waals surface area (Å²) in [5.41, 5.74) is 8.25. The Balaban J connectivity index is 2.08. The summed E-state index contributed by atoms with van der Waals surface area (Å²) in [6, 6.07) is 12.3. The fraction of sp³-hybridized carbons (Fsp3) is 0. The van der Waals surface area contributed by atoms with Gasteiger partial charge in [-0.3, -0.25) is 4.98 Å². The molecule has 0 atom stereocenters. The standard InChI is InChI=1S/C15H11ClFN3/c16-10-7-14(12(18)8-11(10)17)20-13-5-1-3-9-4-2-6-19-15(9)13/h1-8,20H,18H2. The molecule has 0 spiro atoms. The van der Waals surface area contributed by atoms with E-state index in [0.29, 0.717) is 11.4 Å². The average Bonchev–Trinajstić information content (AvgIpc) is 2.45. The minimum absolute atomic E-state index is 0.0231. The van der Waals surface area contributed by atoms with Crippen LogP contribution in [0.2, 0.25) is 5.02 Å². The first kappa shape index (κ1) is 12.7. The van der Waals surface area contributed by atoms with E-state index in [2.05, 4.69) is 10.3 Å². The molecule has 3 nitrogen and oxygen atoms in total. The summed E-state index contributed by atoms with van der Waals surface area (Å²) in [6.45, 7) is 0. The Morgan fingerprint density at radius 2 is 1.90 bits per heavy atom. The van der Waals surface area contributed by atoms with Crippen molar-refractivity contribution in [3.8, 4) is 0 Å². The molecule has 5 heteroatoms. The molecule has 0 aliphatic heterocycles. The van der Waals surface area contributed by atoms with Crippen LogP contribution in [-0.2, 0) is 0 Å². The summed E-state index contributed by atoms with van der Waals surface area (Å²) in [5, 5.41) is 4.17. The van der Waals surface area contributed by atoms with Crippen LogP contribution in [0.3, 0.4) is 0 Å². The first-order chi connectivity index (χ1) is 9.65. The van der Waals surface area contributed by atoms with Gasteiger partial charge < -0.3 is 11.1 Å². The van der Waals surface area contributed by atoms with Gasteiger partial charge in [0, 0.05) is 17.6 Å². The zero-order valence-corrected chi connectivity index (χ0v) is 11.2. The van der Waals surface area contributed by atoms with Gasteiger partial charge in [-0.15, -0.1) is 0 Å². The minimum atomic E-state index is -0.536. The fourth-order valence-corrected chi connectivity index (χ4v) is 2.18. The zero-order chi connectivity index (χ0) is 14.1. The summed E-state index contributed by atoms with van der Waals surface area (Å²) in [7, 11) is 0. The second-order valence-corrected chi connectivity index (χ2v) is 4.77. The Kier molecular flexibility index (Phi) is 3.16. The van der Waals surface area contributed by atoms with Crippen LogP contribution in [-0.4, -0.2) is 4.98 Å². The maximum absolute atomic E-state index is 13.3. The number of pyridine rings is 1. The first-order valence-electron chi connectivity index (χ1n) is 6.00. The molecule has 0 saturated heterocycles. The van der Waals surface area contributed by atoms with Gasteiger partial charge in [0.15, 0.2) is 0 Å². The maximum Gasteiger partial charge on any atom is 0.143 e. The number of anilines is 3. The smallest absolute Gasteiger partial charge is 0.143 e. The number of nitrogen functional groups attached to an aromatic ring is 1. The molecule has 3 N–H and O–H groups in total. The van der Waals surface area contributed by atoms with Crippen molar-refractivity contribution in [3.63, 3.8) is 0 Å². The normalized spacial score (nSPS) is 10.7. The molecule has 3 aromatic rings. The van der Waals surface area contributed by atoms with E-state index < -0.39 is 5.82 Å². The van der Waals surface area contributed by atoms with Crippen LogP contribution in [0.25, 0.3) is 10.9 Å². The van der Waals surface area contributed by atoms with E-state index in [4.69, 9.17) is 17.3 Å². The van der Waals surface area contributed by atoms with E-state index >= 15 is 0 Å². The Hall–Kier alpha value is -2.33. The highest BCUT2D eigenvalue weighted by molar-refractivity contribution is 6.31. The Morgan fingerprint density at radius 1 is 1.10 bits per heavy atom. The third-order valence-electron chi connectivity index (χ3n) is 2.99. The molecule has 2 aromatic carbocycles. The highest BCUT2D eigenvalue weighted by Crippen LogP contribution is 2.31. The number of hydrogen-bond donors (Lipinski definition) is 2. The number of aromatic nitrogens is 1. The van der Waals surface area contributed by atoms with E-state index in [1.54, 1.807) is 6.20 Å². The van der Waals surface area contributed by atoms with Gasteiger partial charge in [-0.05, 0) is 18.2 Å². The lowest BCUT2D eigenvalue weighted by molar-refractivity contribution is 0.629. The molecule has 3 rings (SSSR count). The van der Waals surface area contributed by atoms with Crippen molar-refractivity contribution in [2.75, 3.05) is 11.1 Å². The summed E-state index contributed by atoms with van der Waals surface area (Å²) in [4.78, 5) is 4.34. The molecular weight excluding hydrogens is 277 g/mol. The van der Waals surface area contributed by atoms with Crippen molar-refractivity contribution in [3.05, 3.63) is 59.5 Å². The molecule has 0 saturated carbocycles. The molecule has 0 aliphatic carbocycles. The van der Waals surface area contributed by atoms with Gasteiger partial charge in [0.2, 0.25) is 0 Å². The molecule has 100 valence electrons. The number of nitrogens with two attached hydrogens (primary N) is 1. The molecule has 0 radical (unpaired) electrons. The van der Waals surface area contributed by atoms with Gasteiger partial charge in [-0.2, -0.15) is 0 Å². The van der Waals surface area contributed by atoms with E-state index in [1.165, 1.54) is 12.1 Å². The number of benzene rings is 2. The summed E-state index contributed by atoms with van der Waals surface area (Å²) in [6.07, 6.45) is 1.72. The van der Waals surface area contributed by atoms with Crippen LogP contribution < -0.4 is 11.1 Å². The van der Waals surface area contributed by atoms with Gasteiger partial charge >= 0.3 is 0 Å². The van der Waals surface area contributed by atoms with Crippen molar-refractivity contribution in [2.24, 2.45) is 0 Å². The van der Waals surface area contributed by atoms with Gasteiger partial charge in [0.25, 0.3) is 0 Å². The average molecular weight is 288 g/mol. The maximum atomic E-state index is 13.3. The highest BCUT2D eigenvalue weighted by atomic mass is 35.5. The molecule has 0 fully saturated rings. The van der Waals surface area contributed by atoms with Crippen molar-refractivity contribution < 1.29 is 4.39 Å². The lowest BCUT2D eigenvalue weighted by atomic mass is 10.2. The summed E-state index contributed by atoms with van der Waals surface area (Å²) >= 11 is 5.78. The van der Waals surface area contributed by atoms with Gasteiger partial charge in [0.1, 0.15) is 5.82 Å². The van der Waals surface area contributed by atoms with Crippen LogP contribution in [0.15, 0.2) is 48.7 Å². The SMILES string of the molecule is Nc1cc(F)c(Cl)cc1Nc1cccc2cccnc12. The topological polar surface area (TPSA) is 50.9 Å². The molecule has 0 aliphatic rings. The lowest BCUT2D eigenvalue weighted by Crippen LogP contribution is -1.98. The molecule has 0 amide bonds. The fourth-order valence-electron chi connectivity index (χ4n) is 2.02. The van der Waals surface area contributed by atoms with Crippen LogP contribution in [0.4, 0.5) is 21.5 Å². The van der Waals surface area contributed by atoms with E-state index in [1.807, 2.05) is 30.3 Å². The number of rotatable bonds is 2. The first-order valence-corrected chi connectivity index (χ1v) is 6.38. The summed E-state index contributed by atoms with van der Waals surface area (Å²) in [5.74, 6) is -0.536. The van der Waals surface area contributed by atoms with Crippen LogP contribution in [0.1, 0.15) is 0 Å². The molecule has 0 unspecified atom stereocenters. The van der Waals surface area contributed by atoms with Crippen molar-refractivity contribution in [2.45, 2.75) is 0 Å². The van der Waals surface area contributed by atoms with Crippen molar-refractivity contribution >= 4 is 39.6 Å². The number of hydrogen-bond acceptors (Lipinski definition) is 3. The summed E-state index contributed by atoms with van der Waals surface area (Å²) < 4.78 is 13.3. The zero-order valence-electron chi connectivity index (χ0n) is 10.4. The van der Waals surface area contributed by atoms with Crippen LogP contribution in [0, 0.1) is 5.82 Å². The number of fused-ring (bicyclic) bond motifs is 1. The number of para-hydroxylation sites is 1. The molecule has 1 aromatic heterocycles. The lowest BCUT2D eigenvalue weighted by Gasteiger charge is -2.12. The van der Waals surface area contributed by atoms with E-state index in [9.17, 15) is 4.39 Å². The van der Waals surface area contributed by atoms with Gasteiger partial charge in [0.05, 0.1) is 27.6 Å². The number of nitrogens with zero attached hydrogens (tertiary/aromatic N) is 1. The van der Waals surface area contributed by atoms with Crippen molar-refractivity contribution in [1.82, 2.24) is 4.98 Å². The second-order valence-electron chi connectivity index (χ2n) is 4.36. The predicted molar refractivity (Wildman–Crippen MR) is 80.8 cm³/mol. The molecule has 20 heavy (non-hydrogen) atoms. The Labute approximate surface area is 120 Å². The van der Waals surface area contributed by atoms with E-state index in [0.717, 1.165) is 16.6 Å². The quantitative estimate of drug-likeness (QED) is 0.689. The van der Waals surface area contributed by atoms with Crippen LogP contribution in [0.5, 0.6) is 0 Å². The largest absolute Gasteiger partial charge is 0.397 e. The third-order valence-corrected chi connectivity index (χ3v) is 3.28. The molecule has 0 bridgehead atoms. The highest BCUT2D eigenvalue weighted by Gasteiger charge is 2.08. The number of halogens is 2. The predicted octanol–water partition coefficient (Wildman–Crippen LogP) is 4.35. The monoisotopic (exact) mass is 287 g/mol. The minimum Gasteiger partial charge on any atom is -0.397 e. The van der Waals surface area contributed by atoms with Crippen LogP contribution >= 0.6 is 11.6 Å². The van der Waals surface area contributed by atoms with Gasteiger partial charge in [-0.1, -0.05) is 29.8 Å². The second kappa shape index (κ2) is 4.98. The molecule has 1 heterocycles. The van der Waals surface area contributed by atoms with Gasteiger partial charge in [-0.25, -0.2) is 4.39 Å². The number of nitrogens with one attached hydrogen (secondary N) is 1. The van der Waals surface area contributed by atoms with Crippen molar-refractivity contribution in [1.29, 1.82) is 0 Å². The Bertz CT molecular complexity index is 784. The van der Waals surface area contributed by atoms with E-state index in [-0.39, 0.29) is 5.02 Å². The Morgan fingerprint density at radius 3 is 2.75 bits per heavy atom. The molecular formula is C15H11ClFN3. The third kappa shape index (κ3) is 2.26.